The van der Waals surface area contributed by atoms with Crippen LogP contribution in [-0.2, 0) is 4.79 Å². The van der Waals surface area contributed by atoms with Crippen molar-refractivity contribution in [3.8, 4) is 0 Å². The van der Waals surface area contributed by atoms with E-state index in [4.69, 9.17) is 0 Å². The minimum absolute atomic E-state index is 0.0305. The lowest BCUT2D eigenvalue weighted by atomic mass is 10.0. The smallest absolute Gasteiger partial charge is 0.239 e. The van der Waals surface area contributed by atoms with Gasteiger partial charge in [0.05, 0.1) is 6.04 Å². The standard InChI is InChI=1S/C11H23N3O/c1-11(2,13(4)5)8-14-7-6-9(12-3)10(14)15/h9,12H,6-8H2,1-5H3. The highest BCUT2D eigenvalue weighted by Gasteiger charge is 2.34. The Balaban J connectivity index is 2.57. The maximum Gasteiger partial charge on any atom is 0.239 e. The highest BCUT2D eigenvalue weighted by Crippen LogP contribution is 2.17. The minimum Gasteiger partial charge on any atom is -0.339 e. The largest absolute Gasteiger partial charge is 0.339 e. The molecule has 1 aliphatic rings. The van der Waals surface area contributed by atoms with Gasteiger partial charge in [0.15, 0.2) is 0 Å². The Kier molecular flexibility index (Phi) is 3.73. The van der Waals surface area contributed by atoms with Crippen molar-refractivity contribution in [3.63, 3.8) is 0 Å². The molecule has 88 valence electrons. The number of carbonyl (C=O) groups is 1. The van der Waals surface area contributed by atoms with Crippen LogP contribution in [0.15, 0.2) is 0 Å². The molecule has 0 saturated carbocycles. The van der Waals surface area contributed by atoms with Crippen molar-refractivity contribution in [3.05, 3.63) is 0 Å². The van der Waals surface area contributed by atoms with Crippen molar-refractivity contribution in [2.45, 2.75) is 31.8 Å². The lowest BCUT2D eigenvalue weighted by Crippen LogP contribution is -2.50. The Labute approximate surface area is 92.6 Å². The van der Waals surface area contributed by atoms with Crippen LogP contribution < -0.4 is 5.32 Å². The van der Waals surface area contributed by atoms with Gasteiger partial charge in [-0.3, -0.25) is 4.79 Å². The van der Waals surface area contributed by atoms with Crippen LogP contribution in [0, 0.1) is 0 Å². The van der Waals surface area contributed by atoms with E-state index in [1.807, 2.05) is 11.9 Å². The third-order valence-corrected chi connectivity index (χ3v) is 3.43. The Morgan fingerprint density at radius 1 is 1.53 bits per heavy atom. The molecular weight excluding hydrogens is 190 g/mol. The lowest BCUT2D eigenvalue weighted by molar-refractivity contribution is -0.130. The van der Waals surface area contributed by atoms with Crippen LogP contribution in [0.1, 0.15) is 20.3 Å². The molecule has 0 aromatic carbocycles. The molecule has 4 heteroatoms. The van der Waals surface area contributed by atoms with Crippen molar-refractivity contribution >= 4 is 5.91 Å². The molecule has 0 aromatic heterocycles. The first-order valence-corrected chi connectivity index (χ1v) is 5.52. The quantitative estimate of drug-likeness (QED) is 0.722. The zero-order valence-corrected chi connectivity index (χ0v) is 10.5. The monoisotopic (exact) mass is 213 g/mol. The summed E-state index contributed by atoms with van der Waals surface area (Å²) in [5.74, 6) is 0.243. The second-order valence-electron chi connectivity index (χ2n) is 5.10. The number of nitrogens with one attached hydrogen (secondary N) is 1. The summed E-state index contributed by atoms with van der Waals surface area (Å²) < 4.78 is 0. The van der Waals surface area contributed by atoms with Crippen molar-refractivity contribution < 1.29 is 4.79 Å². The molecule has 4 nitrogen and oxygen atoms in total. The number of amides is 1. The summed E-state index contributed by atoms with van der Waals surface area (Å²) in [4.78, 5) is 16.0. The normalized spacial score (nSPS) is 22.9. The predicted molar refractivity (Wildman–Crippen MR) is 61.8 cm³/mol. The highest BCUT2D eigenvalue weighted by atomic mass is 16.2. The molecule has 1 amide bonds. The fourth-order valence-corrected chi connectivity index (χ4v) is 1.77. The first kappa shape index (κ1) is 12.5. The van der Waals surface area contributed by atoms with Crippen molar-refractivity contribution in [1.29, 1.82) is 0 Å². The van der Waals surface area contributed by atoms with E-state index in [9.17, 15) is 4.79 Å². The van der Waals surface area contributed by atoms with Gasteiger partial charge in [0.2, 0.25) is 5.91 Å². The van der Waals surface area contributed by atoms with E-state index in [2.05, 4.69) is 38.2 Å². The van der Waals surface area contributed by atoms with E-state index < -0.39 is 0 Å². The molecule has 0 radical (unpaired) electrons. The van der Waals surface area contributed by atoms with Crippen LogP contribution >= 0.6 is 0 Å². The third-order valence-electron chi connectivity index (χ3n) is 3.43. The molecule has 0 aromatic rings. The van der Waals surface area contributed by atoms with E-state index >= 15 is 0 Å². The molecule has 1 atom stereocenters. The fraction of sp³-hybridized carbons (Fsp3) is 0.909. The Bertz CT molecular complexity index is 238. The zero-order chi connectivity index (χ0) is 11.6. The molecule has 15 heavy (non-hydrogen) atoms. The van der Waals surface area contributed by atoms with Crippen LogP contribution in [0.2, 0.25) is 0 Å². The van der Waals surface area contributed by atoms with Crippen LogP contribution in [0.3, 0.4) is 0 Å². The summed E-state index contributed by atoms with van der Waals surface area (Å²) in [6.07, 6.45) is 0.929. The Morgan fingerprint density at radius 3 is 2.53 bits per heavy atom. The average Bonchev–Trinajstić information content (AvgIpc) is 2.47. The number of hydrogen-bond acceptors (Lipinski definition) is 3. The van der Waals surface area contributed by atoms with Gasteiger partial charge in [0, 0.05) is 18.6 Å². The van der Waals surface area contributed by atoms with Gasteiger partial charge in [-0.1, -0.05) is 0 Å². The molecule has 0 aliphatic carbocycles. The van der Waals surface area contributed by atoms with Gasteiger partial charge in [-0.25, -0.2) is 0 Å². The van der Waals surface area contributed by atoms with Crippen LogP contribution in [0.5, 0.6) is 0 Å². The highest BCUT2D eigenvalue weighted by molar-refractivity contribution is 5.84. The van der Waals surface area contributed by atoms with E-state index in [0.717, 1.165) is 19.5 Å². The number of carbonyl (C=O) groups excluding carboxylic acids is 1. The molecule has 1 aliphatic heterocycles. The summed E-state index contributed by atoms with van der Waals surface area (Å²) in [6.45, 7) is 6.00. The van der Waals surface area contributed by atoms with Crippen LogP contribution in [0.25, 0.3) is 0 Å². The minimum atomic E-state index is 0.0305. The number of nitrogens with zero attached hydrogens (tertiary/aromatic N) is 2. The number of hydrogen-bond donors (Lipinski definition) is 1. The van der Waals surface area contributed by atoms with E-state index in [1.54, 1.807) is 0 Å². The zero-order valence-electron chi connectivity index (χ0n) is 10.5. The van der Waals surface area contributed by atoms with E-state index in [0.29, 0.717) is 0 Å². The number of likely N-dealkylation sites (N-methyl/N-ethyl adjacent to an activating group) is 2. The second-order valence-corrected chi connectivity index (χ2v) is 5.10. The topological polar surface area (TPSA) is 35.6 Å². The summed E-state index contributed by atoms with van der Waals surface area (Å²) in [5.41, 5.74) is 0.0400. The maximum absolute atomic E-state index is 11.9. The van der Waals surface area contributed by atoms with E-state index in [-0.39, 0.29) is 17.5 Å². The summed E-state index contributed by atoms with van der Waals surface area (Å²) >= 11 is 0. The molecule has 1 heterocycles. The van der Waals surface area contributed by atoms with Crippen LogP contribution in [-0.4, -0.2) is 61.5 Å². The third kappa shape index (κ3) is 2.69. The van der Waals surface area contributed by atoms with Gasteiger partial charge in [-0.2, -0.15) is 0 Å². The Morgan fingerprint density at radius 2 is 2.13 bits per heavy atom. The molecule has 1 rings (SSSR count). The van der Waals surface area contributed by atoms with Gasteiger partial charge < -0.3 is 15.1 Å². The summed E-state index contributed by atoms with van der Waals surface area (Å²) in [7, 11) is 5.95. The Hall–Kier alpha value is -0.610. The van der Waals surface area contributed by atoms with Crippen molar-refractivity contribution in [1.82, 2.24) is 15.1 Å². The van der Waals surface area contributed by atoms with Gasteiger partial charge >= 0.3 is 0 Å². The van der Waals surface area contributed by atoms with Crippen molar-refractivity contribution in [2.75, 3.05) is 34.2 Å². The summed E-state index contributed by atoms with van der Waals surface area (Å²) in [6, 6.07) is 0.0305. The molecule has 1 fully saturated rings. The maximum atomic E-state index is 11.9. The fourth-order valence-electron chi connectivity index (χ4n) is 1.77. The number of rotatable bonds is 4. The van der Waals surface area contributed by atoms with E-state index in [1.165, 1.54) is 0 Å². The number of likely N-dealkylation sites (tertiary alicyclic amines) is 1. The first-order chi connectivity index (χ1) is 6.88. The van der Waals surface area contributed by atoms with Crippen molar-refractivity contribution in [2.24, 2.45) is 0 Å². The molecular formula is C11H23N3O. The second kappa shape index (κ2) is 4.49. The molecule has 1 saturated heterocycles. The van der Waals surface area contributed by atoms with Gasteiger partial charge in [-0.15, -0.1) is 0 Å². The van der Waals surface area contributed by atoms with Crippen LogP contribution in [0.4, 0.5) is 0 Å². The molecule has 1 N–H and O–H groups in total. The summed E-state index contributed by atoms with van der Waals surface area (Å²) in [5, 5.41) is 3.05. The SMILES string of the molecule is CNC1CCN(CC(C)(C)N(C)C)C1=O. The lowest BCUT2D eigenvalue weighted by Gasteiger charge is -2.36. The molecule has 1 unspecified atom stereocenters. The molecule has 0 bridgehead atoms. The molecule has 0 spiro atoms. The first-order valence-electron chi connectivity index (χ1n) is 5.52. The average molecular weight is 213 g/mol. The van der Waals surface area contributed by atoms with Gasteiger partial charge in [0.1, 0.15) is 0 Å². The predicted octanol–water partition coefficient (Wildman–Crippen LogP) is 0.147. The van der Waals surface area contributed by atoms with Gasteiger partial charge in [-0.05, 0) is 41.4 Å². The van der Waals surface area contributed by atoms with Gasteiger partial charge in [0.25, 0.3) is 0 Å².